The van der Waals surface area contributed by atoms with Crippen molar-refractivity contribution in [2.24, 2.45) is 0 Å². The van der Waals surface area contributed by atoms with Gasteiger partial charge in [-0.1, -0.05) is 0 Å². The number of nitrogens with one attached hydrogen (secondary N) is 1. The summed E-state index contributed by atoms with van der Waals surface area (Å²) in [5.41, 5.74) is 3.81. The average Bonchev–Trinajstić information content (AvgIpc) is 2.25. The van der Waals surface area contributed by atoms with Crippen LogP contribution < -0.4 is 5.32 Å². The number of rotatable bonds is 4. The number of carbonyl (C=O) groups is 1. The molecule has 0 spiro atoms. The minimum atomic E-state index is -0.929. The van der Waals surface area contributed by atoms with E-state index in [9.17, 15) is 9.36 Å². The molecule has 1 rings (SSSR count). The molecule has 1 aromatic carbocycles. The van der Waals surface area contributed by atoms with E-state index in [0.29, 0.717) is 13.1 Å². The van der Waals surface area contributed by atoms with E-state index < -0.39 is 5.97 Å². The van der Waals surface area contributed by atoms with Crippen molar-refractivity contribution in [2.75, 3.05) is 6.54 Å². The van der Waals surface area contributed by atoms with E-state index in [1.807, 2.05) is 0 Å². The Morgan fingerprint density at radius 1 is 1.40 bits per heavy atom. The Hall–Kier alpha value is -1.34. The second-order valence-corrected chi connectivity index (χ2v) is 3.35. The van der Waals surface area contributed by atoms with Crippen LogP contribution in [0.3, 0.4) is 0 Å². The molecule has 0 unspecified atom stereocenters. The van der Waals surface area contributed by atoms with Gasteiger partial charge in [0, 0.05) is 0 Å². The number of carboxylic acids is 1. The van der Waals surface area contributed by atoms with Crippen LogP contribution >= 0.6 is 7.92 Å². The molecule has 0 aliphatic heterocycles. The Labute approximate surface area is 88.4 Å². The molecule has 0 radical (unpaired) electrons. The van der Waals surface area contributed by atoms with Crippen LogP contribution in [0, 0.1) is 5.63 Å². The van der Waals surface area contributed by atoms with Crippen LogP contribution in [0.2, 0.25) is 0 Å². The molecule has 0 heterocycles. The van der Waals surface area contributed by atoms with E-state index in [-0.39, 0.29) is 13.5 Å². The third-order valence-electron chi connectivity index (χ3n) is 1.80. The monoisotopic (exact) mass is 223 g/mol. The van der Waals surface area contributed by atoms with Crippen LogP contribution in [0.4, 0.5) is 0 Å². The molecule has 78 valence electrons. The number of hydrogen-bond donors (Lipinski definition) is 2. The average molecular weight is 223 g/mol. The van der Waals surface area contributed by atoms with Gasteiger partial charge in [-0.25, -0.2) is 0 Å². The quantitative estimate of drug-likeness (QED) is 0.602. The first-order valence-corrected chi connectivity index (χ1v) is 5.13. The fraction of sp³-hybridized carbons (Fsp3) is 0.200. The molecule has 2 N–H and O–H groups in total. The fourth-order valence-electron chi connectivity index (χ4n) is 1.06. The molecule has 0 saturated carbocycles. The van der Waals surface area contributed by atoms with Gasteiger partial charge in [0.05, 0.1) is 0 Å². The zero-order chi connectivity index (χ0) is 11.1. The van der Waals surface area contributed by atoms with Crippen molar-refractivity contribution >= 4 is 13.9 Å². The van der Waals surface area contributed by atoms with Crippen molar-refractivity contribution in [2.45, 2.75) is 6.54 Å². The molecule has 0 aliphatic carbocycles. The Bertz CT molecular complexity index is 435. The summed E-state index contributed by atoms with van der Waals surface area (Å²) in [6.07, 6.45) is 0. The molecular formula is C10H10NO3P. The van der Waals surface area contributed by atoms with E-state index in [4.69, 9.17) is 5.11 Å². The van der Waals surface area contributed by atoms with E-state index in [0.717, 1.165) is 5.56 Å². The summed E-state index contributed by atoms with van der Waals surface area (Å²) in [5, 5.41) is 11.6. The number of benzene rings is 1. The van der Waals surface area contributed by atoms with Crippen molar-refractivity contribution in [3.8, 4) is 5.63 Å². The summed E-state index contributed by atoms with van der Waals surface area (Å²) in [4.78, 5) is 10.6. The summed E-state index contributed by atoms with van der Waals surface area (Å²) in [6.45, 7) is 1.04. The summed E-state index contributed by atoms with van der Waals surface area (Å²) < 4.78 is 10.0. The number of aromatic carboxylic acids is 1. The van der Waals surface area contributed by atoms with Crippen molar-refractivity contribution in [3.05, 3.63) is 35.4 Å². The molecule has 0 fully saturated rings. The van der Waals surface area contributed by atoms with Gasteiger partial charge in [-0.05, 0) is 0 Å². The third kappa shape index (κ3) is 4.13. The van der Waals surface area contributed by atoms with Gasteiger partial charge in [-0.3, -0.25) is 0 Å². The van der Waals surface area contributed by atoms with Crippen LogP contribution in [-0.4, -0.2) is 17.6 Å². The normalized spacial score (nSPS) is 9.33. The summed E-state index contributed by atoms with van der Waals surface area (Å²) in [5.74, 6) is -0.929. The minimum absolute atomic E-state index is 0.109. The summed E-state index contributed by atoms with van der Waals surface area (Å²) in [7, 11) is -0.109. The molecule has 0 saturated heterocycles. The van der Waals surface area contributed by atoms with Gasteiger partial charge in [0.2, 0.25) is 0 Å². The van der Waals surface area contributed by atoms with Gasteiger partial charge >= 0.3 is 87.8 Å². The van der Waals surface area contributed by atoms with Crippen molar-refractivity contribution in [3.63, 3.8) is 0 Å². The Kier molecular flexibility index (Phi) is 4.85. The SMILES string of the molecule is O=P#CCNCc1ccc(C(=O)O)cc1. The van der Waals surface area contributed by atoms with Gasteiger partial charge in [-0.15, -0.1) is 0 Å². The number of carboxylic acid groups (broad SMARTS) is 1. The second kappa shape index (κ2) is 6.20. The molecule has 5 heteroatoms. The Balaban J connectivity index is 2.52. The number of hydrogen-bond acceptors (Lipinski definition) is 3. The molecular weight excluding hydrogens is 213 g/mol. The first-order valence-electron chi connectivity index (χ1n) is 4.32. The topological polar surface area (TPSA) is 66.4 Å². The standard InChI is InChI=1S/C10H10NO3P/c12-10(13)9-3-1-8(2-4-9)7-11-5-6-15-14/h1-4,11H,5,7H2,(H,12,13). The van der Waals surface area contributed by atoms with Gasteiger partial charge in [0.1, 0.15) is 0 Å². The molecule has 0 aromatic heterocycles. The molecule has 15 heavy (non-hydrogen) atoms. The van der Waals surface area contributed by atoms with Crippen LogP contribution in [0.15, 0.2) is 24.3 Å². The Morgan fingerprint density at radius 2 is 2.07 bits per heavy atom. The van der Waals surface area contributed by atoms with Crippen molar-refractivity contribution < 1.29 is 14.5 Å². The predicted octanol–water partition coefficient (Wildman–Crippen LogP) is 1.73. The molecule has 0 bridgehead atoms. The summed E-state index contributed by atoms with van der Waals surface area (Å²) >= 11 is 0. The molecule has 0 aliphatic rings. The fourth-order valence-corrected chi connectivity index (χ4v) is 1.24. The molecule has 4 nitrogen and oxygen atoms in total. The first kappa shape index (κ1) is 11.7. The third-order valence-corrected chi connectivity index (χ3v) is 2.09. The molecule has 0 amide bonds. The van der Waals surface area contributed by atoms with Gasteiger partial charge in [-0.2, -0.15) is 0 Å². The van der Waals surface area contributed by atoms with E-state index in [1.165, 1.54) is 0 Å². The maximum absolute atomic E-state index is 10.6. The molecule has 0 atom stereocenters. The predicted molar refractivity (Wildman–Crippen MR) is 56.6 cm³/mol. The van der Waals surface area contributed by atoms with E-state index in [1.54, 1.807) is 24.3 Å². The zero-order valence-electron chi connectivity index (χ0n) is 7.93. The Morgan fingerprint density at radius 3 is 2.60 bits per heavy atom. The maximum atomic E-state index is 10.6. The zero-order valence-corrected chi connectivity index (χ0v) is 8.83. The van der Waals surface area contributed by atoms with Crippen LogP contribution in [-0.2, 0) is 11.1 Å². The van der Waals surface area contributed by atoms with E-state index in [2.05, 4.69) is 10.9 Å². The van der Waals surface area contributed by atoms with Crippen LogP contribution in [0.5, 0.6) is 0 Å². The van der Waals surface area contributed by atoms with E-state index >= 15 is 0 Å². The first-order chi connectivity index (χ1) is 7.24. The van der Waals surface area contributed by atoms with Crippen molar-refractivity contribution in [1.82, 2.24) is 5.32 Å². The van der Waals surface area contributed by atoms with Crippen LogP contribution in [0.1, 0.15) is 15.9 Å². The molecule has 1 aromatic rings. The summed E-state index contributed by atoms with van der Waals surface area (Å²) in [6, 6.07) is 6.59. The second-order valence-electron chi connectivity index (χ2n) is 2.86. The van der Waals surface area contributed by atoms with Gasteiger partial charge in [0.25, 0.3) is 0 Å². The van der Waals surface area contributed by atoms with Gasteiger partial charge < -0.3 is 0 Å². The van der Waals surface area contributed by atoms with Crippen molar-refractivity contribution in [1.29, 1.82) is 0 Å². The van der Waals surface area contributed by atoms with Gasteiger partial charge in [0.15, 0.2) is 0 Å². The van der Waals surface area contributed by atoms with Crippen LogP contribution in [0.25, 0.3) is 0 Å².